The van der Waals surface area contributed by atoms with Gasteiger partial charge in [-0.05, 0) is 35.6 Å². The van der Waals surface area contributed by atoms with Crippen LogP contribution in [0.3, 0.4) is 0 Å². The Labute approximate surface area is 140 Å². The van der Waals surface area contributed by atoms with Crippen molar-refractivity contribution in [2.75, 3.05) is 11.9 Å². The van der Waals surface area contributed by atoms with Crippen molar-refractivity contribution in [1.29, 1.82) is 0 Å². The van der Waals surface area contributed by atoms with Crippen LogP contribution in [0.15, 0.2) is 53.0 Å². The van der Waals surface area contributed by atoms with Gasteiger partial charge in [0.05, 0.1) is 0 Å². The SMILES string of the molecule is CC(C)c1ccccc1NC(=O)NCCc1ccccc1Br. The van der Waals surface area contributed by atoms with Crippen LogP contribution in [0, 0.1) is 0 Å². The summed E-state index contributed by atoms with van der Waals surface area (Å²) in [6.45, 7) is 4.83. The van der Waals surface area contributed by atoms with Gasteiger partial charge in [-0.2, -0.15) is 0 Å². The highest BCUT2D eigenvalue weighted by molar-refractivity contribution is 9.10. The van der Waals surface area contributed by atoms with Gasteiger partial charge in [-0.1, -0.05) is 66.2 Å². The van der Waals surface area contributed by atoms with E-state index < -0.39 is 0 Å². The van der Waals surface area contributed by atoms with Gasteiger partial charge in [0.2, 0.25) is 0 Å². The molecule has 0 heterocycles. The van der Waals surface area contributed by atoms with Gasteiger partial charge in [-0.25, -0.2) is 4.79 Å². The summed E-state index contributed by atoms with van der Waals surface area (Å²) in [7, 11) is 0. The smallest absolute Gasteiger partial charge is 0.319 e. The van der Waals surface area contributed by atoms with Crippen molar-refractivity contribution in [3.05, 3.63) is 64.1 Å². The Morgan fingerprint density at radius 1 is 1.09 bits per heavy atom. The minimum atomic E-state index is -0.167. The number of nitrogens with one attached hydrogen (secondary N) is 2. The third-order valence-corrected chi connectivity index (χ3v) is 4.24. The molecule has 2 amide bonds. The Balaban J connectivity index is 1.88. The van der Waals surface area contributed by atoms with Crippen LogP contribution >= 0.6 is 15.9 Å². The number of hydrogen-bond donors (Lipinski definition) is 2. The molecule has 22 heavy (non-hydrogen) atoms. The van der Waals surface area contributed by atoms with Crippen molar-refractivity contribution in [2.45, 2.75) is 26.2 Å². The van der Waals surface area contributed by atoms with E-state index in [9.17, 15) is 4.79 Å². The second-order valence-electron chi connectivity index (χ2n) is 5.46. The molecular formula is C18H21BrN2O. The maximum atomic E-state index is 12.0. The first-order chi connectivity index (χ1) is 10.6. The van der Waals surface area contributed by atoms with Crippen molar-refractivity contribution in [3.8, 4) is 0 Å². The van der Waals surface area contributed by atoms with E-state index >= 15 is 0 Å². The number of anilines is 1. The maximum Gasteiger partial charge on any atom is 0.319 e. The molecule has 0 aliphatic heterocycles. The summed E-state index contributed by atoms with van der Waals surface area (Å²) in [6, 6.07) is 15.8. The quantitative estimate of drug-likeness (QED) is 0.778. The fraction of sp³-hybridized carbons (Fsp3) is 0.278. The van der Waals surface area contributed by atoms with Crippen molar-refractivity contribution >= 4 is 27.6 Å². The third kappa shape index (κ3) is 4.60. The second kappa shape index (κ2) is 7.99. The Morgan fingerprint density at radius 3 is 2.50 bits per heavy atom. The number of carbonyl (C=O) groups excluding carboxylic acids is 1. The van der Waals surface area contributed by atoms with Gasteiger partial charge in [0.25, 0.3) is 0 Å². The highest BCUT2D eigenvalue weighted by Crippen LogP contribution is 2.23. The van der Waals surface area contributed by atoms with E-state index in [2.05, 4.69) is 46.5 Å². The number of urea groups is 1. The number of benzene rings is 2. The summed E-state index contributed by atoms with van der Waals surface area (Å²) in [4.78, 5) is 12.0. The molecule has 0 aliphatic rings. The molecular weight excluding hydrogens is 340 g/mol. The Bertz CT molecular complexity index is 640. The third-order valence-electron chi connectivity index (χ3n) is 3.47. The highest BCUT2D eigenvalue weighted by atomic mass is 79.9. The molecule has 0 radical (unpaired) electrons. The zero-order valence-electron chi connectivity index (χ0n) is 12.9. The number of carbonyl (C=O) groups is 1. The molecule has 2 aromatic carbocycles. The first-order valence-electron chi connectivity index (χ1n) is 7.45. The maximum absolute atomic E-state index is 12.0. The van der Waals surface area contributed by atoms with Crippen molar-refractivity contribution in [1.82, 2.24) is 5.32 Å². The molecule has 0 spiro atoms. The molecule has 116 valence electrons. The minimum Gasteiger partial charge on any atom is -0.338 e. The summed E-state index contributed by atoms with van der Waals surface area (Å²) in [6.07, 6.45) is 0.792. The number of hydrogen-bond acceptors (Lipinski definition) is 1. The Kier molecular flexibility index (Phi) is 6.01. The predicted octanol–water partition coefficient (Wildman–Crippen LogP) is 4.94. The largest absolute Gasteiger partial charge is 0.338 e. The number of amides is 2. The van der Waals surface area contributed by atoms with Gasteiger partial charge < -0.3 is 10.6 Å². The van der Waals surface area contributed by atoms with Crippen molar-refractivity contribution in [2.24, 2.45) is 0 Å². The van der Waals surface area contributed by atoms with Crippen LogP contribution in [-0.2, 0) is 6.42 Å². The second-order valence-corrected chi connectivity index (χ2v) is 6.32. The van der Waals surface area contributed by atoms with E-state index in [0.29, 0.717) is 12.5 Å². The van der Waals surface area contributed by atoms with Gasteiger partial charge in [0.15, 0.2) is 0 Å². The summed E-state index contributed by atoms with van der Waals surface area (Å²) in [5.41, 5.74) is 3.20. The molecule has 2 rings (SSSR count). The van der Waals surface area contributed by atoms with Crippen LogP contribution < -0.4 is 10.6 Å². The van der Waals surface area contributed by atoms with Gasteiger partial charge in [-0.3, -0.25) is 0 Å². The summed E-state index contributed by atoms with van der Waals surface area (Å²) in [5, 5.41) is 5.83. The topological polar surface area (TPSA) is 41.1 Å². The van der Waals surface area contributed by atoms with Crippen LogP contribution in [0.2, 0.25) is 0 Å². The van der Waals surface area contributed by atoms with Crippen molar-refractivity contribution < 1.29 is 4.79 Å². The molecule has 0 unspecified atom stereocenters. The van der Waals surface area contributed by atoms with Crippen LogP contribution in [-0.4, -0.2) is 12.6 Å². The molecule has 0 aliphatic carbocycles. The van der Waals surface area contributed by atoms with Gasteiger partial charge in [0, 0.05) is 16.7 Å². The van der Waals surface area contributed by atoms with Crippen molar-refractivity contribution in [3.63, 3.8) is 0 Å². The normalized spacial score (nSPS) is 10.5. The minimum absolute atomic E-state index is 0.167. The van der Waals surface area contributed by atoms with Crippen LogP contribution in [0.5, 0.6) is 0 Å². The Morgan fingerprint density at radius 2 is 1.77 bits per heavy atom. The number of rotatable bonds is 5. The zero-order chi connectivity index (χ0) is 15.9. The van der Waals surface area contributed by atoms with E-state index in [1.165, 1.54) is 5.56 Å². The fourth-order valence-corrected chi connectivity index (χ4v) is 2.78. The molecule has 0 saturated carbocycles. The lowest BCUT2D eigenvalue weighted by Crippen LogP contribution is -2.30. The van der Waals surface area contributed by atoms with Crippen LogP contribution in [0.4, 0.5) is 10.5 Å². The van der Waals surface area contributed by atoms with Crippen LogP contribution in [0.25, 0.3) is 0 Å². The van der Waals surface area contributed by atoms with E-state index in [4.69, 9.17) is 0 Å². The summed E-state index contributed by atoms with van der Waals surface area (Å²) < 4.78 is 1.07. The van der Waals surface area contributed by atoms with E-state index in [1.807, 2.05) is 42.5 Å². The lowest BCUT2D eigenvalue weighted by atomic mass is 10.0. The fourth-order valence-electron chi connectivity index (χ4n) is 2.29. The first-order valence-corrected chi connectivity index (χ1v) is 8.24. The van der Waals surface area contributed by atoms with Crippen LogP contribution in [0.1, 0.15) is 30.9 Å². The van der Waals surface area contributed by atoms with Gasteiger partial charge in [0.1, 0.15) is 0 Å². The number of halogens is 1. The van der Waals surface area contributed by atoms with Gasteiger partial charge in [-0.15, -0.1) is 0 Å². The zero-order valence-corrected chi connectivity index (χ0v) is 14.5. The standard InChI is InChI=1S/C18H21BrN2O/c1-13(2)15-8-4-6-10-17(15)21-18(22)20-12-11-14-7-3-5-9-16(14)19/h3-10,13H,11-12H2,1-2H3,(H2,20,21,22). The molecule has 0 fully saturated rings. The Hall–Kier alpha value is -1.81. The molecule has 0 atom stereocenters. The molecule has 2 N–H and O–H groups in total. The monoisotopic (exact) mass is 360 g/mol. The molecule has 0 aromatic heterocycles. The molecule has 3 nitrogen and oxygen atoms in total. The number of para-hydroxylation sites is 1. The first kappa shape index (κ1) is 16.6. The van der Waals surface area contributed by atoms with E-state index in [0.717, 1.165) is 22.1 Å². The lowest BCUT2D eigenvalue weighted by molar-refractivity contribution is 0.252. The molecule has 4 heteroatoms. The lowest BCUT2D eigenvalue weighted by Gasteiger charge is -2.14. The molecule has 0 bridgehead atoms. The average molecular weight is 361 g/mol. The predicted molar refractivity (Wildman–Crippen MR) is 95.4 cm³/mol. The van der Waals surface area contributed by atoms with E-state index in [1.54, 1.807) is 0 Å². The summed E-state index contributed by atoms with van der Waals surface area (Å²) >= 11 is 3.51. The summed E-state index contributed by atoms with van der Waals surface area (Å²) in [5.74, 6) is 0.372. The average Bonchev–Trinajstić information content (AvgIpc) is 2.49. The highest BCUT2D eigenvalue weighted by Gasteiger charge is 2.08. The van der Waals surface area contributed by atoms with Gasteiger partial charge >= 0.3 is 6.03 Å². The molecule has 2 aromatic rings. The molecule has 0 saturated heterocycles. The van der Waals surface area contributed by atoms with E-state index in [-0.39, 0.29) is 6.03 Å².